The molecule has 2 aromatic heterocycles. The highest BCUT2D eigenvalue weighted by atomic mass is 19.4. The minimum Gasteiger partial charge on any atom is -0.339 e. The number of amides is 1. The van der Waals surface area contributed by atoms with E-state index in [1.54, 1.807) is 46.8 Å². The first kappa shape index (κ1) is 30.2. The van der Waals surface area contributed by atoms with Gasteiger partial charge in [0.05, 0.1) is 17.6 Å². The number of carbonyl (C=O) groups excluding carboxylic acids is 2. The summed E-state index contributed by atoms with van der Waals surface area (Å²) in [6.45, 7) is 3.35. The highest BCUT2D eigenvalue weighted by Gasteiger charge is 2.32. The number of pyridine rings is 1. The van der Waals surface area contributed by atoms with Crippen molar-refractivity contribution in [1.82, 2.24) is 19.7 Å². The van der Waals surface area contributed by atoms with Gasteiger partial charge in [-0.05, 0) is 67.6 Å². The summed E-state index contributed by atoms with van der Waals surface area (Å²) in [5.41, 5.74) is 1.62. The first-order chi connectivity index (χ1) is 20.3. The predicted molar refractivity (Wildman–Crippen MR) is 147 cm³/mol. The number of halogens is 6. The number of alkyl halides is 6. The zero-order valence-corrected chi connectivity index (χ0v) is 23.2. The number of hydrogen-bond acceptors (Lipinski definition) is 4. The zero-order chi connectivity index (χ0) is 30.9. The van der Waals surface area contributed by atoms with Crippen LogP contribution in [-0.4, -0.2) is 50.6 Å². The standard InChI is InChI=1S/C31H28F6N4O2/c1-19-23(27(42)11-14-30(32,33)34)9-10-26-24(19)18-41(39-26)17-20-12-15-40(16-13-20)29(43)22-7-5-21(6-8-22)25-3-2-4-28(38-25)31(35,36)37/h2-10,18,20H,11-17H2,1H3. The maximum Gasteiger partial charge on any atom is 0.433 e. The molecule has 4 aromatic rings. The highest BCUT2D eigenvalue weighted by molar-refractivity contribution is 6.01. The number of carbonyl (C=O) groups is 2. The lowest BCUT2D eigenvalue weighted by Crippen LogP contribution is -2.39. The van der Waals surface area contributed by atoms with E-state index < -0.39 is 36.7 Å². The van der Waals surface area contributed by atoms with E-state index in [2.05, 4.69) is 10.1 Å². The molecule has 1 aliphatic heterocycles. The van der Waals surface area contributed by atoms with Gasteiger partial charge in [-0.25, -0.2) is 4.98 Å². The van der Waals surface area contributed by atoms with Crippen LogP contribution in [0.3, 0.4) is 0 Å². The molecule has 3 heterocycles. The van der Waals surface area contributed by atoms with Gasteiger partial charge in [0.15, 0.2) is 5.78 Å². The maximum atomic E-state index is 13.1. The van der Waals surface area contributed by atoms with E-state index in [1.165, 1.54) is 18.2 Å². The molecule has 0 bridgehead atoms. The van der Waals surface area contributed by atoms with Gasteiger partial charge in [0.2, 0.25) is 0 Å². The molecule has 1 fully saturated rings. The molecule has 5 rings (SSSR count). The Bertz CT molecular complexity index is 1640. The van der Waals surface area contributed by atoms with E-state index in [1.807, 2.05) is 6.20 Å². The molecule has 226 valence electrons. The van der Waals surface area contributed by atoms with Crippen molar-refractivity contribution in [2.75, 3.05) is 13.1 Å². The molecule has 0 radical (unpaired) electrons. The first-order valence-corrected chi connectivity index (χ1v) is 13.8. The fraction of sp³-hybridized carbons (Fsp3) is 0.355. The van der Waals surface area contributed by atoms with E-state index in [0.717, 1.165) is 18.9 Å². The Balaban J connectivity index is 1.18. The van der Waals surface area contributed by atoms with E-state index in [0.29, 0.717) is 47.2 Å². The molecular weight excluding hydrogens is 574 g/mol. The van der Waals surface area contributed by atoms with E-state index in [4.69, 9.17) is 0 Å². The third kappa shape index (κ3) is 7.06. The largest absolute Gasteiger partial charge is 0.433 e. The van der Waals surface area contributed by atoms with Crippen molar-refractivity contribution in [3.8, 4) is 11.3 Å². The van der Waals surface area contributed by atoms with Gasteiger partial charge in [0.25, 0.3) is 5.91 Å². The minimum absolute atomic E-state index is 0.162. The van der Waals surface area contributed by atoms with Crippen LogP contribution in [0.5, 0.6) is 0 Å². The first-order valence-electron chi connectivity index (χ1n) is 13.8. The fourth-order valence-corrected chi connectivity index (χ4v) is 5.37. The Morgan fingerprint density at radius 3 is 2.28 bits per heavy atom. The molecule has 1 aliphatic rings. The van der Waals surface area contributed by atoms with Crippen molar-refractivity contribution in [3.63, 3.8) is 0 Å². The van der Waals surface area contributed by atoms with Gasteiger partial charge >= 0.3 is 12.4 Å². The topological polar surface area (TPSA) is 68.1 Å². The molecule has 0 aliphatic carbocycles. The monoisotopic (exact) mass is 602 g/mol. The van der Waals surface area contributed by atoms with Gasteiger partial charge in [0, 0.05) is 54.3 Å². The van der Waals surface area contributed by atoms with Crippen LogP contribution < -0.4 is 0 Å². The number of benzene rings is 2. The molecule has 6 nitrogen and oxygen atoms in total. The average molecular weight is 603 g/mol. The van der Waals surface area contributed by atoms with Gasteiger partial charge < -0.3 is 4.90 Å². The highest BCUT2D eigenvalue weighted by Crippen LogP contribution is 2.30. The lowest BCUT2D eigenvalue weighted by atomic mass is 9.96. The van der Waals surface area contributed by atoms with Crippen LogP contribution in [0.25, 0.3) is 22.2 Å². The van der Waals surface area contributed by atoms with Crippen LogP contribution in [0.1, 0.15) is 57.7 Å². The smallest absolute Gasteiger partial charge is 0.339 e. The molecule has 0 atom stereocenters. The van der Waals surface area contributed by atoms with Crippen LogP contribution >= 0.6 is 0 Å². The second-order valence-electron chi connectivity index (χ2n) is 10.8. The van der Waals surface area contributed by atoms with E-state index in [9.17, 15) is 35.9 Å². The molecule has 0 unspecified atom stereocenters. The second-order valence-corrected chi connectivity index (χ2v) is 10.8. The summed E-state index contributed by atoms with van der Waals surface area (Å²) in [7, 11) is 0. The average Bonchev–Trinajstić information content (AvgIpc) is 3.39. The molecule has 1 amide bonds. The van der Waals surface area contributed by atoms with Gasteiger partial charge in [0.1, 0.15) is 5.69 Å². The SMILES string of the molecule is Cc1c(C(=O)CCC(F)(F)F)ccc2nn(CC3CCN(C(=O)c4ccc(-c5cccc(C(F)(F)F)n5)cc4)CC3)cc12. The normalized spacial score (nSPS) is 14.8. The van der Waals surface area contributed by atoms with Crippen LogP contribution in [0.15, 0.2) is 60.8 Å². The van der Waals surface area contributed by atoms with Crippen LogP contribution in [0.4, 0.5) is 26.3 Å². The summed E-state index contributed by atoms with van der Waals surface area (Å²) >= 11 is 0. The Labute approximate surface area is 243 Å². The molecular formula is C31H28F6N4O2. The van der Waals surface area contributed by atoms with Crippen molar-refractivity contribution in [3.05, 3.63) is 83.2 Å². The second kappa shape index (κ2) is 11.8. The number of likely N-dealkylation sites (tertiary alicyclic amines) is 1. The number of nitrogens with zero attached hydrogens (tertiary/aromatic N) is 4. The fourth-order valence-electron chi connectivity index (χ4n) is 5.37. The van der Waals surface area contributed by atoms with Gasteiger partial charge in [-0.1, -0.05) is 18.2 Å². The van der Waals surface area contributed by atoms with E-state index in [-0.39, 0.29) is 23.1 Å². The Morgan fingerprint density at radius 2 is 1.63 bits per heavy atom. The molecule has 0 N–H and O–H groups in total. The molecule has 0 saturated carbocycles. The number of aryl methyl sites for hydroxylation is 1. The molecule has 12 heteroatoms. The maximum absolute atomic E-state index is 13.1. The summed E-state index contributed by atoms with van der Waals surface area (Å²) in [6, 6.07) is 13.2. The number of ketones is 1. The summed E-state index contributed by atoms with van der Waals surface area (Å²) in [6.07, 6.45) is -7.43. The van der Waals surface area contributed by atoms with Crippen LogP contribution in [0, 0.1) is 12.8 Å². The quantitative estimate of drug-likeness (QED) is 0.162. The summed E-state index contributed by atoms with van der Waals surface area (Å²) in [5.74, 6) is -0.477. The number of aromatic nitrogens is 3. The molecule has 1 saturated heterocycles. The van der Waals surface area contributed by atoms with Crippen molar-refractivity contribution >= 4 is 22.6 Å². The molecule has 43 heavy (non-hydrogen) atoms. The number of hydrogen-bond donors (Lipinski definition) is 0. The Morgan fingerprint density at radius 1 is 0.930 bits per heavy atom. The van der Waals surface area contributed by atoms with Crippen molar-refractivity contribution < 1.29 is 35.9 Å². The van der Waals surface area contributed by atoms with Crippen molar-refractivity contribution in [1.29, 1.82) is 0 Å². The lowest BCUT2D eigenvalue weighted by Gasteiger charge is -2.32. The number of Topliss-reactive ketones (excluding diaryl/α,β-unsaturated/α-hetero) is 1. The summed E-state index contributed by atoms with van der Waals surface area (Å²) in [4.78, 5) is 30.9. The number of piperidine rings is 1. The van der Waals surface area contributed by atoms with Gasteiger partial charge in [-0.2, -0.15) is 31.4 Å². The van der Waals surface area contributed by atoms with Crippen LogP contribution in [0.2, 0.25) is 0 Å². The van der Waals surface area contributed by atoms with Crippen molar-refractivity contribution in [2.45, 2.75) is 51.5 Å². The zero-order valence-electron chi connectivity index (χ0n) is 23.2. The Kier molecular flexibility index (Phi) is 8.31. The minimum atomic E-state index is -4.55. The third-order valence-corrected chi connectivity index (χ3v) is 7.76. The summed E-state index contributed by atoms with van der Waals surface area (Å²) in [5, 5.41) is 5.30. The van der Waals surface area contributed by atoms with Gasteiger partial charge in [-0.15, -0.1) is 0 Å². The summed E-state index contributed by atoms with van der Waals surface area (Å²) < 4.78 is 78.5. The molecule has 0 spiro atoms. The number of fused-ring (bicyclic) bond motifs is 1. The third-order valence-electron chi connectivity index (χ3n) is 7.76. The predicted octanol–water partition coefficient (Wildman–Crippen LogP) is 7.50. The lowest BCUT2D eigenvalue weighted by molar-refractivity contribution is -0.141. The van der Waals surface area contributed by atoms with E-state index >= 15 is 0 Å². The van der Waals surface area contributed by atoms with Gasteiger partial charge in [-0.3, -0.25) is 14.3 Å². The van der Waals surface area contributed by atoms with Crippen LogP contribution in [-0.2, 0) is 12.7 Å². The number of rotatable bonds is 7. The Hall–Kier alpha value is -4.22. The molecule has 2 aromatic carbocycles. The van der Waals surface area contributed by atoms with Crippen molar-refractivity contribution in [2.24, 2.45) is 5.92 Å².